The first-order chi connectivity index (χ1) is 11.5. The van der Waals surface area contributed by atoms with Crippen LogP contribution in [-0.2, 0) is 19.4 Å². The van der Waals surface area contributed by atoms with E-state index in [9.17, 15) is 4.79 Å². The number of thiophene rings is 1. The fourth-order valence-electron chi connectivity index (χ4n) is 5.83. The van der Waals surface area contributed by atoms with Crippen LogP contribution in [0.1, 0.15) is 62.8 Å². The van der Waals surface area contributed by atoms with Gasteiger partial charge in [-0.1, -0.05) is 20.3 Å². The number of aryl methyl sites for hydroxylation is 2. The number of nitrogens with zero attached hydrogens (tertiary/aromatic N) is 2. The van der Waals surface area contributed by atoms with Crippen molar-refractivity contribution in [2.75, 3.05) is 0 Å². The molecule has 24 heavy (non-hydrogen) atoms. The van der Waals surface area contributed by atoms with Crippen LogP contribution in [0.4, 0.5) is 0 Å². The third-order valence-electron chi connectivity index (χ3n) is 7.65. The molecule has 2 aromatic heterocycles. The van der Waals surface area contributed by atoms with Crippen LogP contribution < -0.4 is 5.56 Å². The molecule has 2 aromatic rings. The van der Waals surface area contributed by atoms with Crippen molar-refractivity contribution in [3.05, 3.63) is 27.1 Å². The molecule has 2 heterocycles. The van der Waals surface area contributed by atoms with E-state index in [2.05, 4.69) is 13.8 Å². The van der Waals surface area contributed by atoms with E-state index in [1.807, 2.05) is 10.9 Å². The Kier molecular flexibility index (Phi) is 3.11. The zero-order valence-corrected chi connectivity index (χ0v) is 15.5. The lowest BCUT2D eigenvalue weighted by Gasteiger charge is -2.66. The maximum Gasteiger partial charge on any atom is 0.262 e. The van der Waals surface area contributed by atoms with Gasteiger partial charge in [-0.25, -0.2) is 4.98 Å². The molecule has 0 radical (unpaired) electrons. The molecular formula is C20H26N2OS. The summed E-state index contributed by atoms with van der Waals surface area (Å²) >= 11 is 1.75. The Balaban J connectivity index is 1.59. The molecule has 3 fully saturated rings. The highest BCUT2D eigenvalue weighted by atomic mass is 32.1. The number of aromatic nitrogens is 2. The minimum absolute atomic E-state index is 0.221. The Morgan fingerprint density at radius 1 is 1.29 bits per heavy atom. The Morgan fingerprint density at radius 3 is 2.92 bits per heavy atom. The highest BCUT2D eigenvalue weighted by Crippen LogP contribution is 2.68. The van der Waals surface area contributed by atoms with E-state index in [0.717, 1.165) is 35.5 Å². The molecule has 3 saturated carbocycles. The lowest BCUT2D eigenvalue weighted by molar-refractivity contribution is -0.170. The maximum atomic E-state index is 13.2. The van der Waals surface area contributed by atoms with Crippen LogP contribution >= 0.6 is 11.3 Å². The van der Waals surface area contributed by atoms with Gasteiger partial charge in [-0.2, -0.15) is 0 Å². The normalized spacial score (nSPS) is 30.8. The maximum absolute atomic E-state index is 13.2. The van der Waals surface area contributed by atoms with Crippen molar-refractivity contribution in [1.29, 1.82) is 0 Å². The Hall–Kier alpha value is -1.16. The minimum Gasteiger partial charge on any atom is -0.298 e. The second-order valence-electron chi connectivity index (χ2n) is 8.86. The zero-order valence-electron chi connectivity index (χ0n) is 14.7. The predicted octanol–water partition coefficient (Wildman–Crippen LogP) is 4.55. The molecule has 0 aliphatic heterocycles. The topological polar surface area (TPSA) is 34.9 Å². The summed E-state index contributed by atoms with van der Waals surface area (Å²) in [4.78, 5) is 20.3. The van der Waals surface area contributed by atoms with E-state index in [0.29, 0.717) is 10.8 Å². The fourth-order valence-corrected chi connectivity index (χ4v) is 7.05. The summed E-state index contributed by atoms with van der Waals surface area (Å²) < 4.78 is 1.95. The molecule has 2 unspecified atom stereocenters. The van der Waals surface area contributed by atoms with Crippen molar-refractivity contribution < 1.29 is 0 Å². The van der Waals surface area contributed by atoms with Crippen molar-refractivity contribution in [2.24, 2.45) is 16.7 Å². The molecule has 0 aromatic carbocycles. The number of rotatable bonds is 2. The van der Waals surface area contributed by atoms with Crippen LogP contribution in [0, 0.1) is 16.7 Å². The quantitative estimate of drug-likeness (QED) is 0.802. The first-order valence-corrected chi connectivity index (χ1v) is 10.3. The van der Waals surface area contributed by atoms with Gasteiger partial charge in [0.25, 0.3) is 5.56 Å². The molecule has 2 bridgehead atoms. The van der Waals surface area contributed by atoms with Crippen LogP contribution in [0.25, 0.3) is 10.2 Å². The molecule has 4 heteroatoms. The van der Waals surface area contributed by atoms with Gasteiger partial charge in [-0.15, -0.1) is 11.3 Å². The summed E-state index contributed by atoms with van der Waals surface area (Å²) in [5.74, 6) is 0.854. The summed E-state index contributed by atoms with van der Waals surface area (Å²) in [6.45, 7) is 5.70. The van der Waals surface area contributed by atoms with Crippen LogP contribution in [0.15, 0.2) is 11.1 Å². The van der Waals surface area contributed by atoms with Gasteiger partial charge >= 0.3 is 0 Å². The van der Waals surface area contributed by atoms with Crippen LogP contribution in [-0.4, -0.2) is 9.55 Å². The van der Waals surface area contributed by atoms with E-state index in [1.54, 1.807) is 11.3 Å². The Morgan fingerprint density at radius 2 is 2.12 bits per heavy atom. The van der Waals surface area contributed by atoms with Crippen LogP contribution in [0.2, 0.25) is 0 Å². The molecule has 128 valence electrons. The highest BCUT2D eigenvalue weighted by Gasteiger charge is 2.61. The molecule has 0 N–H and O–H groups in total. The van der Waals surface area contributed by atoms with Gasteiger partial charge in [0.1, 0.15) is 4.83 Å². The second-order valence-corrected chi connectivity index (χ2v) is 9.95. The Bertz CT molecular complexity index is 874. The molecule has 4 aliphatic carbocycles. The van der Waals surface area contributed by atoms with Gasteiger partial charge in [0.2, 0.25) is 0 Å². The standard InChI is InChI=1S/C20H26N2OS/c1-19(2)13-6-5-9-20(19,10-13)11-22-12-21-17-16(18(22)23)14-7-3-4-8-15(14)24-17/h12-13H,3-11H2,1-2H3. The predicted molar refractivity (Wildman–Crippen MR) is 98.7 cm³/mol. The first-order valence-electron chi connectivity index (χ1n) is 9.52. The fraction of sp³-hybridized carbons (Fsp3) is 0.700. The third kappa shape index (κ3) is 1.84. The van der Waals surface area contributed by atoms with E-state index in [1.165, 1.54) is 49.0 Å². The van der Waals surface area contributed by atoms with Crippen molar-refractivity contribution in [3.63, 3.8) is 0 Å². The van der Waals surface area contributed by atoms with Crippen molar-refractivity contribution in [1.82, 2.24) is 9.55 Å². The number of fused-ring (bicyclic) bond motifs is 5. The van der Waals surface area contributed by atoms with Gasteiger partial charge < -0.3 is 0 Å². The lowest BCUT2D eigenvalue weighted by atomic mass is 9.40. The SMILES string of the molecule is CC1(C)C2CCCC1(Cn1cnc3sc4c(c3c1=O)CCCC4)C2. The largest absolute Gasteiger partial charge is 0.298 e. The molecule has 6 rings (SSSR count). The summed E-state index contributed by atoms with van der Waals surface area (Å²) in [7, 11) is 0. The van der Waals surface area contributed by atoms with Gasteiger partial charge in [-0.3, -0.25) is 9.36 Å². The average molecular weight is 343 g/mol. The smallest absolute Gasteiger partial charge is 0.262 e. The highest BCUT2D eigenvalue weighted by molar-refractivity contribution is 7.18. The van der Waals surface area contributed by atoms with Crippen molar-refractivity contribution in [3.8, 4) is 0 Å². The Labute approximate surface area is 147 Å². The van der Waals surface area contributed by atoms with Gasteiger partial charge in [0.05, 0.1) is 11.7 Å². The van der Waals surface area contributed by atoms with Gasteiger partial charge in [-0.05, 0) is 67.3 Å². The molecule has 0 spiro atoms. The monoisotopic (exact) mass is 342 g/mol. The average Bonchev–Trinajstić information content (AvgIpc) is 2.97. The summed E-state index contributed by atoms with van der Waals surface area (Å²) in [6.07, 6.45) is 11.8. The summed E-state index contributed by atoms with van der Waals surface area (Å²) in [6, 6.07) is 0. The summed E-state index contributed by atoms with van der Waals surface area (Å²) in [5, 5.41) is 0.943. The number of hydrogen-bond acceptors (Lipinski definition) is 3. The molecule has 3 nitrogen and oxygen atoms in total. The lowest BCUT2D eigenvalue weighted by Crippen LogP contribution is -2.60. The molecular weight excluding hydrogens is 316 g/mol. The third-order valence-corrected chi connectivity index (χ3v) is 8.85. The van der Waals surface area contributed by atoms with E-state index in [-0.39, 0.29) is 5.56 Å². The van der Waals surface area contributed by atoms with Gasteiger partial charge in [0.15, 0.2) is 0 Å². The summed E-state index contributed by atoms with van der Waals surface area (Å²) in [5.41, 5.74) is 2.22. The number of hydrogen-bond donors (Lipinski definition) is 0. The molecule has 0 amide bonds. The molecule has 2 atom stereocenters. The second kappa shape index (κ2) is 4.94. The molecule has 0 saturated heterocycles. The van der Waals surface area contributed by atoms with E-state index < -0.39 is 0 Å². The van der Waals surface area contributed by atoms with Crippen molar-refractivity contribution >= 4 is 21.6 Å². The zero-order chi connectivity index (χ0) is 16.5. The van der Waals surface area contributed by atoms with Crippen LogP contribution in [0.3, 0.4) is 0 Å². The first kappa shape index (κ1) is 15.1. The van der Waals surface area contributed by atoms with Crippen LogP contribution in [0.5, 0.6) is 0 Å². The van der Waals surface area contributed by atoms with E-state index in [4.69, 9.17) is 4.98 Å². The van der Waals surface area contributed by atoms with E-state index >= 15 is 0 Å². The van der Waals surface area contributed by atoms with Crippen molar-refractivity contribution in [2.45, 2.75) is 71.8 Å². The van der Waals surface area contributed by atoms with Gasteiger partial charge in [0, 0.05) is 11.4 Å². The minimum atomic E-state index is 0.221. The molecule has 4 aliphatic rings.